The Hall–Kier alpha value is -1.02. The Morgan fingerprint density at radius 1 is 1.33 bits per heavy atom. The van der Waals surface area contributed by atoms with Crippen LogP contribution in [0.5, 0.6) is 0 Å². The number of hydrogen-bond donors (Lipinski definition) is 0. The molecule has 2 nitrogen and oxygen atoms in total. The van der Waals surface area contributed by atoms with Crippen LogP contribution in [0.3, 0.4) is 0 Å². The van der Waals surface area contributed by atoms with Gasteiger partial charge in [-0.3, -0.25) is 4.79 Å². The summed E-state index contributed by atoms with van der Waals surface area (Å²) < 4.78 is 0. The van der Waals surface area contributed by atoms with Crippen LogP contribution in [0.15, 0.2) is 24.3 Å². The van der Waals surface area contributed by atoms with E-state index in [1.54, 1.807) is 0 Å². The quantitative estimate of drug-likeness (QED) is 0.786. The number of carbonyl (C=O) groups is 1. The van der Waals surface area contributed by atoms with E-state index in [9.17, 15) is 4.79 Å². The highest BCUT2D eigenvalue weighted by atomic mass is 35.5. The van der Waals surface area contributed by atoms with Crippen LogP contribution in [0.25, 0.3) is 0 Å². The van der Waals surface area contributed by atoms with Crippen molar-refractivity contribution < 1.29 is 4.79 Å². The van der Waals surface area contributed by atoms with Crippen molar-refractivity contribution in [1.82, 2.24) is 4.90 Å². The number of nitrogens with zero attached hydrogens (tertiary/aromatic N) is 1. The Morgan fingerprint density at radius 2 is 2.00 bits per heavy atom. The second-order valence-corrected chi connectivity index (χ2v) is 5.44. The second kappa shape index (κ2) is 6.79. The van der Waals surface area contributed by atoms with Gasteiger partial charge < -0.3 is 4.90 Å². The molecule has 0 radical (unpaired) electrons. The first kappa shape index (κ1) is 15.0. The van der Waals surface area contributed by atoms with Gasteiger partial charge in [0.05, 0.1) is 0 Å². The zero-order chi connectivity index (χ0) is 13.7. The maximum Gasteiger partial charge on any atom is 0.225 e. The third-order valence-electron chi connectivity index (χ3n) is 3.18. The summed E-state index contributed by atoms with van der Waals surface area (Å²) in [6, 6.07) is 7.89. The molecule has 0 saturated carbocycles. The fourth-order valence-corrected chi connectivity index (χ4v) is 2.02. The lowest BCUT2D eigenvalue weighted by molar-refractivity contribution is -0.137. The smallest absolute Gasteiger partial charge is 0.225 e. The van der Waals surface area contributed by atoms with Crippen molar-refractivity contribution in [3.8, 4) is 0 Å². The van der Waals surface area contributed by atoms with Gasteiger partial charge in [-0.05, 0) is 38.0 Å². The average Bonchev–Trinajstić information content (AvgIpc) is 2.34. The fourth-order valence-electron chi connectivity index (χ4n) is 1.80. The molecule has 0 aromatic heterocycles. The molecule has 100 valence electrons. The molecule has 0 heterocycles. The van der Waals surface area contributed by atoms with Crippen molar-refractivity contribution in [2.24, 2.45) is 5.92 Å². The van der Waals surface area contributed by atoms with E-state index in [4.69, 9.17) is 11.6 Å². The molecule has 1 amide bonds. The van der Waals surface area contributed by atoms with Crippen LogP contribution < -0.4 is 0 Å². The maximum atomic E-state index is 12.3. The van der Waals surface area contributed by atoms with Crippen LogP contribution >= 0.6 is 11.6 Å². The first-order chi connectivity index (χ1) is 8.45. The Kier molecular flexibility index (Phi) is 5.67. The third kappa shape index (κ3) is 4.02. The van der Waals surface area contributed by atoms with E-state index in [1.165, 1.54) is 0 Å². The SMILES string of the molecule is CCC(C)C(=O)N(Cc1cccc(Cl)c1)C(C)C. The van der Waals surface area contributed by atoms with Gasteiger partial charge in [0.2, 0.25) is 5.91 Å². The third-order valence-corrected chi connectivity index (χ3v) is 3.42. The lowest BCUT2D eigenvalue weighted by Gasteiger charge is -2.29. The largest absolute Gasteiger partial charge is 0.336 e. The molecule has 0 bridgehead atoms. The zero-order valence-electron chi connectivity index (χ0n) is 11.6. The first-order valence-electron chi connectivity index (χ1n) is 6.50. The molecular weight excluding hydrogens is 246 g/mol. The average molecular weight is 268 g/mol. The van der Waals surface area contributed by atoms with Gasteiger partial charge >= 0.3 is 0 Å². The summed E-state index contributed by atoms with van der Waals surface area (Å²) in [6.45, 7) is 8.74. The van der Waals surface area contributed by atoms with E-state index in [2.05, 4.69) is 0 Å². The molecule has 0 saturated heterocycles. The van der Waals surface area contributed by atoms with Crippen LogP contribution in [-0.4, -0.2) is 16.8 Å². The molecule has 0 aliphatic heterocycles. The fraction of sp³-hybridized carbons (Fsp3) is 0.533. The van der Waals surface area contributed by atoms with E-state index in [-0.39, 0.29) is 17.9 Å². The summed E-state index contributed by atoms with van der Waals surface area (Å²) >= 11 is 5.97. The highest BCUT2D eigenvalue weighted by molar-refractivity contribution is 6.30. The lowest BCUT2D eigenvalue weighted by Crippen LogP contribution is -2.39. The molecule has 0 aliphatic rings. The number of hydrogen-bond acceptors (Lipinski definition) is 1. The van der Waals surface area contributed by atoms with Crippen molar-refractivity contribution >= 4 is 17.5 Å². The Balaban J connectivity index is 2.84. The van der Waals surface area contributed by atoms with Gasteiger partial charge in [0, 0.05) is 23.5 Å². The van der Waals surface area contributed by atoms with Crippen LogP contribution in [0.1, 0.15) is 39.7 Å². The topological polar surface area (TPSA) is 20.3 Å². The molecule has 1 atom stereocenters. The normalized spacial score (nSPS) is 12.6. The molecule has 1 aromatic carbocycles. The number of amides is 1. The Bertz CT molecular complexity index is 403. The van der Waals surface area contributed by atoms with Gasteiger partial charge in [0.1, 0.15) is 0 Å². The van der Waals surface area contributed by atoms with Crippen LogP contribution in [0, 0.1) is 5.92 Å². The number of carbonyl (C=O) groups excluding carboxylic acids is 1. The molecule has 0 N–H and O–H groups in total. The maximum absolute atomic E-state index is 12.3. The van der Waals surface area contributed by atoms with E-state index in [1.807, 2.05) is 56.9 Å². The summed E-state index contributed by atoms with van der Waals surface area (Å²) in [5, 5.41) is 0.715. The van der Waals surface area contributed by atoms with Gasteiger partial charge in [-0.25, -0.2) is 0 Å². The van der Waals surface area contributed by atoms with Crippen molar-refractivity contribution in [3.05, 3.63) is 34.9 Å². The number of halogens is 1. The van der Waals surface area contributed by atoms with Crippen LogP contribution in [-0.2, 0) is 11.3 Å². The molecule has 3 heteroatoms. The van der Waals surface area contributed by atoms with Crippen LogP contribution in [0.2, 0.25) is 5.02 Å². The number of rotatable bonds is 5. The molecule has 0 spiro atoms. The summed E-state index contributed by atoms with van der Waals surface area (Å²) in [7, 11) is 0. The monoisotopic (exact) mass is 267 g/mol. The van der Waals surface area contributed by atoms with Crippen molar-refractivity contribution in [2.45, 2.75) is 46.7 Å². The van der Waals surface area contributed by atoms with Crippen molar-refractivity contribution in [2.75, 3.05) is 0 Å². The summed E-state index contributed by atoms with van der Waals surface area (Å²) in [5.41, 5.74) is 1.08. The van der Waals surface area contributed by atoms with Crippen molar-refractivity contribution in [1.29, 1.82) is 0 Å². The van der Waals surface area contributed by atoms with E-state index in [0.717, 1.165) is 12.0 Å². The predicted molar refractivity (Wildman–Crippen MR) is 76.6 cm³/mol. The molecule has 0 fully saturated rings. The number of benzene rings is 1. The summed E-state index contributed by atoms with van der Waals surface area (Å²) in [4.78, 5) is 14.2. The van der Waals surface area contributed by atoms with Crippen molar-refractivity contribution in [3.63, 3.8) is 0 Å². The molecule has 1 aromatic rings. The molecule has 1 unspecified atom stereocenters. The summed E-state index contributed by atoms with van der Waals surface area (Å²) in [5.74, 6) is 0.291. The van der Waals surface area contributed by atoms with E-state index < -0.39 is 0 Å². The highest BCUT2D eigenvalue weighted by Gasteiger charge is 2.21. The molecular formula is C15H22ClNO. The zero-order valence-corrected chi connectivity index (χ0v) is 12.4. The lowest BCUT2D eigenvalue weighted by atomic mass is 10.1. The minimum absolute atomic E-state index is 0.0755. The van der Waals surface area contributed by atoms with Gasteiger partial charge in [-0.1, -0.05) is 37.6 Å². The Morgan fingerprint density at radius 3 is 2.50 bits per heavy atom. The van der Waals surface area contributed by atoms with E-state index >= 15 is 0 Å². The van der Waals surface area contributed by atoms with Gasteiger partial charge in [-0.2, -0.15) is 0 Å². The Labute approximate surface area is 115 Å². The van der Waals surface area contributed by atoms with Gasteiger partial charge in [0.15, 0.2) is 0 Å². The van der Waals surface area contributed by atoms with E-state index in [0.29, 0.717) is 11.6 Å². The minimum atomic E-state index is 0.0755. The standard InChI is InChI=1S/C15H22ClNO/c1-5-12(4)15(18)17(11(2)3)10-13-7-6-8-14(16)9-13/h6-9,11-12H,5,10H2,1-4H3. The molecule has 0 aliphatic carbocycles. The second-order valence-electron chi connectivity index (χ2n) is 5.00. The molecule has 18 heavy (non-hydrogen) atoms. The minimum Gasteiger partial charge on any atom is -0.336 e. The van der Waals surface area contributed by atoms with Gasteiger partial charge in [0.25, 0.3) is 0 Å². The predicted octanol–water partition coefficient (Wildman–Crippen LogP) is 4.12. The summed E-state index contributed by atoms with van der Waals surface area (Å²) in [6.07, 6.45) is 0.873. The van der Waals surface area contributed by atoms with Gasteiger partial charge in [-0.15, -0.1) is 0 Å². The first-order valence-corrected chi connectivity index (χ1v) is 6.88. The molecule has 1 rings (SSSR count). The highest BCUT2D eigenvalue weighted by Crippen LogP contribution is 2.17. The van der Waals surface area contributed by atoms with Crippen LogP contribution in [0.4, 0.5) is 0 Å².